The van der Waals surface area contributed by atoms with Crippen molar-refractivity contribution in [2.45, 2.75) is 0 Å². The Morgan fingerprint density at radius 1 is 1.28 bits per heavy atom. The molecule has 0 fully saturated rings. The minimum absolute atomic E-state index is 0.00685. The summed E-state index contributed by atoms with van der Waals surface area (Å²) in [6.45, 7) is 0. The summed E-state index contributed by atoms with van der Waals surface area (Å²) in [5.74, 6) is -2.53. The summed E-state index contributed by atoms with van der Waals surface area (Å²) in [4.78, 5) is 36.9. The Labute approximate surface area is 99.1 Å². The van der Waals surface area contributed by atoms with Crippen LogP contribution in [0.3, 0.4) is 0 Å². The van der Waals surface area contributed by atoms with Crippen LogP contribution in [0.5, 0.6) is 0 Å². The van der Waals surface area contributed by atoms with Gasteiger partial charge in [0.1, 0.15) is 5.56 Å². The van der Waals surface area contributed by atoms with E-state index >= 15 is 0 Å². The predicted octanol–water partition coefficient (Wildman–Crippen LogP) is -0.0430. The molecule has 2 heterocycles. The van der Waals surface area contributed by atoms with Crippen LogP contribution in [0.1, 0.15) is 20.7 Å². The number of carbonyl (C=O) groups is 2. The maximum atomic E-state index is 11.7. The Balaban J connectivity index is 2.56. The highest BCUT2D eigenvalue weighted by Crippen LogP contribution is 2.05. The van der Waals surface area contributed by atoms with Crippen LogP contribution in [0, 0.1) is 0 Å². The highest BCUT2D eigenvalue weighted by atomic mass is 16.4. The Kier molecular flexibility index (Phi) is 2.68. The van der Waals surface area contributed by atoms with E-state index < -0.39 is 23.1 Å². The van der Waals surface area contributed by atoms with Gasteiger partial charge in [-0.05, 0) is 12.1 Å². The molecular weight excluding hydrogens is 242 g/mol. The van der Waals surface area contributed by atoms with Crippen LogP contribution in [0.4, 0.5) is 0 Å². The van der Waals surface area contributed by atoms with Gasteiger partial charge in [-0.15, -0.1) is 0 Å². The monoisotopic (exact) mass is 249 g/mol. The molecule has 0 aromatic carbocycles. The van der Waals surface area contributed by atoms with Gasteiger partial charge >= 0.3 is 11.9 Å². The fourth-order valence-electron chi connectivity index (χ4n) is 1.37. The number of aromatic carboxylic acids is 2. The SMILES string of the molecule is O=C(O)c1ccnc(-n2[nH]cc(C(=O)O)c2=O)c1. The first-order valence-corrected chi connectivity index (χ1v) is 4.74. The molecule has 8 heteroatoms. The van der Waals surface area contributed by atoms with Crippen molar-refractivity contribution in [1.29, 1.82) is 0 Å². The number of pyridine rings is 1. The van der Waals surface area contributed by atoms with Gasteiger partial charge in [-0.25, -0.2) is 19.3 Å². The summed E-state index contributed by atoms with van der Waals surface area (Å²) >= 11 is 0. The fraction of sp³-hybridized carbons (Fsp3) is 0. The van der Waals surface area contributed by atoms with E-state index in [0.29, 0.717) is 0 Å². The van der Waals surface area contributed by atoms with Crippen molar-refractivity contribution in [1.82, 2.24) is 14.8 Å². The summed E-state index contributed by atoms with van der Waals surface area (Å²) in [7, 11) is 0. The lowest BCUT2D eigenvalue weighted by Gasteiger charge is -2.00. The van der Waals surface area contributed by atoms with Gasteiger partial charge in [-0.1, -0.05) is 0 Å². The van der Waals surface area contributed by atoms with E-state index in [2.05, 4.69) is 10.1 Å². The molecule has 2 aromatic heterocycles. The second-order valence-corrected chi connectivity index (χ2v) is 3.34. The summed E-state index contributed by atoms with van der Waals surface area (Å²) in [5.41, 5.74) is -1.31. The third-order valence-electron chi connectivity index (χ3n) is 2.22. The molecule has 0 bridgehead atoms. The van der Waals surface area contributed by atoms with E-state index in [4.69, 9.17) is 10.2 Å². The van der Waals surface area contributed by atoms with Crippen molar-refractivity contribution < 1.29 is 19.8 Å². The maximum Gasteiger partial charge on any atom is 0.342 e. The highest BCUT2D eigenvalue weighted by Gasteiger charge is 2.15. The molecule has 92 valence electrons. The summed E-state index contributed by atoms with van der Waals surface area (Å²) in [6.07, 6.45) is 2.23. The van der Waals surface area contributed by atoms with E-state index in [9.17, 15) is 14.4 Å². The van der Waals surface area contributed by atoms with Gasteiger partial charge < -0.3 is 10.2 Å². The average Bonchev–Trinajstić information content (AvgIpc) is 2.71. The van der Waals surface area contributed by atoms with Gasteiger partial charge in [0.25, 0.3) is 5.56 Å². The number of nitrogens with one attached hydrogen (secondary N) is 1. The average molecular weight is 249 g/mol. The van der Waals surface area contributed by atoms with Gasteiger partial charge in [-0.2, -0.15) is 0 Å². The normalized spacial score (nSPS) is 10.2. The van der Waals surface area contributed by atoms with Crippen molar-refractivity contribution in [3.63, 3.8) is 0 Å². The lowest BCUT2D eigenvalue weighted by atomic mass is 10.2. The van der Waals surface area contributed by atoms with Crippen molar-refractivity contribution in [3.8, 4) is 5.82 Å². The van der Waals surface area contributed by atoms with E-state index in [-0.39, 0.29) is 11.4 Å². The van der Waals surface area contributed by atoms with Crippen molar-refractivity contribution in [2.24, 2.45) is 0 Å². The largest absolute Gasteiger partial charge is 0.478 e. The van der Waals surface area contributed by atoms with Gasteiger partial charge in [-0.3, -0.25) is 9.89 Å². The fourth-order valence-corrected chi connectivity index (χ4v) is 1.37. The predicted molar refractivity (Wildman–Crippen MR) is 58.1 cm³/mol. The molecule has 0 amide bonds. The van der Waals surface area contributed by atoms with Gasteiger partial charge in [0.05, 0.1) is 5.56 Å². The molecule has 2 aromatic rings. The van der Waals surface area contributed by atoms with Gasteiger partial charge in [0.15, 0.2) is 5.82 Å². The number of rotatable bonds is 3. The van der Waals surface area contributed by atoms with Crippen LogP contribution >= 0.6 is 0 Å². The highest BCUT2D eigenvalue weighted by molar-refractivity contribution is 5.88. The third kappa shape index (κ3) is 1.86. The zero-order valence-corrected chi connectivity index (χ0v) is 8.82. The van der Waals surface area contributed by atoms with E-state index in [1.54, 1.807) is 0 Å². The summed E-state index contributed by atoms with van der Waals surface area (Å²) < 4.78 is 0.857. The van der Waals surface area contributed by atoms with Crippen LogP contribution in [-0.2, 0) is 0 Å². The van der Waals surface area contributed by atoms with Crippen molar-refractivity contribution in [3.05, 3.63) is 46.0 Å². The number of aromatic amines is 1. The van der Waals surface area contributed by atoms with E-state index in [1.165, 1.54) is 12.3 Å². The summed E-state index contributed by atoms with van der Waals surface area (Å²) in [5, 5.41) is 19.9. The quantitative estimate of drug-likeness (QED) is 0.700. The second kappa shape index (κ2) is 4.17. The molecule has 0 saturated heterocycles. The Morgan fingerprint density at radius 3 is 2.56 bits per heavy atom. The zero-order chi connectivity index (χ0) is 13.3. The Hall–Kier alpha value is -2.90. The maximum absolute atomic E-state index is 11.7. The molecule has 3 N–H and O–H groups in total. The minimum atomic E-state index is -1.37. The molecule has 0 saturated carbocycles. The topological polar surface area (TPSA) is 125 Å². The van der Waals surface area contributed by atoms with Crippen LogP contribution in [-0.4, -0.2) is 36.9 Å². The number of carboxylic acids is 2. The molecular formula is C10H7N3O5. The molecule has 18 heavy (non-hydrogen) atoms. The molecule has 8 nitrogen and oxygen atoms in total. The van der Waals surface area contributed by atoms with Gasteiger partial charge in [0, 0.05) is 12.4 Å². The standard InChI is InChI=1S/C10H7N3O5/c14-8-6(10(17)18)4-12-13(8)7-3-5(9(15)16)1-2-11-7/h1-4,12H,(H,15,16)(H,17,18). The van der Waals surface area contributed by atoms with Crippen LogP contribution in [0.2, 0.25) is 0 Å². The van der Waals surface area contributed by atoms with Crippen molar-refractivity contribution >= 4 is 11.9 Å². The first-order chi connectivity index (χ1) is 8.50. The molecule has 2 rings (SSSR count). The number of H-pyrrole nitrogens is 1. The lowest BCUT2D eigenvalue weighted by Crippen LogP contribution is -2.21. The Bertz CT molecular complexity index is 685. The van der Waals surface area contributed by atoms with Gasteiger partial charge in [0.2, 0.25) is 0 Å². The smallest absolute Gasteiger partial charge is 0.342 e. The van der Waals surface area contributed by atoms with Crippen LogP contribution < -0.4 is 5.56 Å². The molecule has 0 aliphatic heterocycles. The molecule has 0 spiro atoms. The summed E-state index contributed by atoms with van der Waals surface area (Å²) in [6, 6.07) is 2.42. The first kappa shape index (κ1) is 11.6. The number of hydrogen-bond acceptors (Lipinski definition) is 4. The molecule has 0 radical (unpaired) electrons. The minimum Gasteiger partial charge on any atom is -0.478 e. The van der Waals surface area contributed by atoms with E-state index in [0.717, 1.165) is 16.9 Å². The third-order valence-corrected chi connectivity index (χ3v) is 2.22. The second-order valence-electron chi connectivity index (χ2n) is 3.34. The number of aromatic nitrogens is 3. The number of nitrogens with zero attached hydrogens (tertiary/aromatic N) is 2. The zero-order valence-electron chi connectivity index (χ0n) is 8.82. The molecule has 0 unspecified atom stereocenters. The van der Waals surface area contributed by atoms with Crippen LogP contribution in [0.25, 0.3) is 5.82 Å². The number of hydrogen-bond donors (Lipinski definition) is 3. The number of carboxylic acid groups (broad SMARTS) is 2. The first-order valence-electron chi connectivity index (χ1n) is 4.74. The van der Waals surface area contributed by atoms with Crippen molar-refractivity contribution in [2.75, 3.05) is 0 Å². The molecule has 0 aliphatic carbocycles. The molecule has 0 aliphatic rings. The van der Waals surface area contributed by atoms with E-state index in [1.807, 2.05) is 0 Å². The lowest BCUT2D eigenvalue weighted by molar-refractivity contribution is 0.0685. The van der Waals surface area contributed by atoms with Crippen LogP contribution in [0.15, 0.2) is 29.3 Å². The Morgan fingerprint density at radius 2 is 2.00 bits per heavy atom. The molecule has 0 atom stereocenters.